The molecule has 1 saturated carbocycles. The van der Waals surface area contributed by atoms with Gasteiger partial charge in [0.15, 0.2) is 5.82 Å². The van der Waals surface area contributed by atoms with Crippen LogP contribution >= 0.6 is 0 Å². The highest BCUT2D eigenvalue weighted by atomic mass is 15.3. The maximum Gasteiger partial charge on any atom is 0.151 e. The fourth-order valence-corrected chi connectivity index (χ4v) is 2.07. The van der Waals surface area contributed by atoms with Crippen molar-refractivity contribution in [3.63, 3.8) is 0 Å². The zero-order chi connectivity index (χ0) is 12.4. The van der Waals surface area contributed by atoms with E-state index in [4.69, 9.17) is 0 Å². The number of imidazole rings is 1. The van der Waals surface area contributed by atoms with E-state index in [-0.39, 0.29) is 0 Å². The zero-order valence-electron chi connectivity index (χ0n) is 10.6. The van der Waals surface area contributed by atoms with Gasteiger partial charge in [0.2, 0.25) is 0 Å². The molecule has 96 valence electrons. The van der Waals surface area contributed by atoms with Gasteiger partial charge in [-0.15, -0.1) is 0 Å². The monoisotopic (exact) mass is 246 g/mol. The molecule has 1 fully saturated rings. The lowest BCUT2D eigenvalue weighted by Gasteiger charge is -2.07. The summed E-state index contributed by atoms with van der Waals surface area (Å²) in [6.07, 6.45) is 9.07. The molecule has 0 spiro atoms. The van der Waals surface area contributed by atoms with Crippen LogP contribution in [0.5, 0.6) is 0 Å². The third-order valence-corrected chi connectivity index (χ3v) is 3.17. The molecule has 2 aromatic rings. The quantitative estimate of drug-likeness (QED) is 0.761. The van der Waals surface area contributed by atoms with Crippen molar-refractivity contribution in [2.75, 3.05) is 6.54 Å². The van der Waals surface area contributed by atoms with Gasteiger partial charge in [-0.05, 0) is 12.8 Å². The second-order valence-electron chi connectivity index (χ2n) is 4.78. The van der Waals surface area contributed by atoms with Gasteiger partial charge in [-0.3, -0.25) is 4.68 Å². The van der Waals surface area contributed by atoms with E-state index in [0.717, 1.165) is 25.3 Å². The molecule has 1 aliphatic carbocycles. The third-order valence-electron chi connectivity index (χ3n) is 3.17. The first-order valence-electron chi connectivity index (χ1n) is 6.39. The Kier molecular flexibility index (Phi) is 3.10. The Morgan fingerprint density at radius 3 is 3.00 bits per heavy atom. The van der Waals surface area contributed by atoms with Crippen LogP contribution in [0, 0.1) is 0 Å². The Labute approximate surface area is 106 Å². The fourth-order valence-electron chi connectivity index (χ4n) is 2.07. The molecule has 0 radical (unpaired) electrons. The highest BCUT2D eigenvalue weighted by Gasteiger charge is 2.24. The lowest BCUT2D eigenvalue weighted by Crippen LogP contribution is -2.19. The number of nitrogens with one attached hydrogen (secondary N) is 1. The topological polar surface area (TPSA) is 60.6 Å². The second-order valence-corrected chi connectivity index (χ2v) is 4.78. The van der Waals surface area contributed by atoms with Crippen LogP contribution in [0.25, 0.3) is 0 Å². The van der Waals surface area contributed by atoms with Crippen molar-refractivity contribution in [1.29, 1.82) is 0 Å². The highest BCUT2D eigenvalue weighted by Crippen LogP contribution is 2.35. The summed E-state index contributed by atoms with van der Waals surface area (Å²) in [7, 11) is 1.89. The Balaban J connectivity index is 1.45. The van der Waals surface area contributed by atoms with Gasteiger partial charge in [0.1, 0.15) is 6.33 Å². The average Bonchev–Trinajstić information content (AvgIpc) is 2.96. The van der Waals surface area contributed by atoms with Crippen LogP contribution in [-0.4, -0.2) is 30.9 Å². The maximum absolute atomic E-state index is 4.25. The minimum absolute atomic E-state index is 0.696. The van der Waals surface area contributed by atoms with Gasteiger partial charge in [0.25, 0.3) is 0 Å². The lowest BCUT2D eigenvalue weighted by atomic mass is 10.4. The first-order chi connectivity index (χ1) is 8.83. The molecule has 18 heavy (non-hydrogen) atoms. The van der Waals surface area contributed by atoms with Gasteiger partial charge in [0, 0.05) is 38.8 Å². The molecule has 0 saturated heterocycles. The summed E-state index contributed by atoms with van der Waals surface area (Å²) in [5.41, 5.74) is 1.27. The van der Waals surface area contributed by atoms with Crippen LogP contribution in [0.3, 0.4) is 0 Å². The summed E-state index contributed by atoms with van der Waals surface area (Å²) < 4.78 is 4.02. The molecule has 6 nitrogen and oxygen atoms in total. The second kappa shape index (κ2) is 4.89. The van der Waals surface area contributed by atoms with Crippen LogP contribution in [0.1, 0.15) is 30.4 Å². The van der Waals surface area contributed by atoms with Crippen LogP contribution < -0.4 is 5.32 Å². The molecular formula is C12H18N6. The van der Waals surface area contributed by atoms with Gasteiger partial charge in [-0.2, -0.15) is 5.10 Å². The van der Waals surface area contributed by atoms with Crippen molar-refractivity contribution in [2.24, 2.45) is 7.05 Å². The summed E-state index contributed by atoms with van der Waals surface area (Å²) in [5.74, 6) is 0.890. The number of nitrogens with zero attached hydrogens (tertiary/aromatic N) is 5. The molecule has 0 unspecified atom stereocenters. The van der Waals surface area contributed by atoms with Crippen molar-refractivity contribution in [2.45, 2.75) is 31.8 Å². The Morgan fingerprint density at radius 1 is 1.39 bits per heavy atom. The molecule has 0 amide bonds. The number of rotatable bonds is 6. The summed E-state index contributed by atoms with van der Waals surface area (Å²) in [4.78, 5) is 8.42. The summed E-state index contributed by atoms with van der Waals surface area (Å²) in [5, 5.41) is 7.67. The van der Waals surface area contributed by atoms with Gasteiger partial charge >= 0.3 is 0 Å². The van der Waals surface area contributed by atoms with Crippen molar-refractivity contribution >= 4 is 0 Å². The van der Waals surface area contributed by atoms with E-state index in [1.54, 1.807) is 11.0 Å². The maximum atomic E-state index is 4.25. The molecule has 1 N–H and O–H groups in total. The third kappa shape index (κ3) is 2.59. The Bertz CT molecular complexity index is 510. The van der Waals surface area contributed by atoms with Gasteiger partial charge < -0.3 is 9.88 Å². The van der Waals surface area contributed by atoms with Crippen LogP contribution in [-0.2, 0) is 20.0 Å². The number of hydrogen-bond donors (Lipinski definition) is 1. The molecule has 3 rings (SSSR count). The van der Waals surface area contributed by atoms with E-state index >= 15 is 0 Å². The standard InChI is InChI=1S/C12H18N6/c1-17-9-15-12(16-17)4-5-13-6-11-7-14-8-18(11)10-2-3-10/h7-10,13H,2-6H2,1H3. The smallest absolute Gasteiger partial charge is 0.151 e. The van der Waals surface area contributed by atoms with Crippen molar-refractivity contribution in [1.82, 2.24) is 29.6 Å². The average molecular weight is 246 g/mol. The number of hydrogen-bond acceptors (Lipinski definition) is 4. The summed E-state index contributed by atoms with van der Waals surface area (Å²) in [6.45, 7) is 1.75. The first kappa shape index (κ1) is 11.4. The van der Waals surface area contributed by atoms with Crippen LogP contribution in [0.15, 0.2) is 18.9 Å². The van der Waals surface area contributed by atoms with Crippen LogP contribution in [0.4, 0.5) is 0 Å². The summed E-state index contributed by atoms with van der Waals surface area (Å²) in [6, 6.07) is 0.696. The van der Waals surface area contributed by atoms with Gasteiger partial charge in [0.05, 0.1) is 12.0 Å². The molecule has 0 atom stereocenters. The summed E-state index contributed by atoms with van der Waals surface area (Å²) >= 11 is 0. The van der Waals surface area contributed by atoms with E-state index in [2.05, 4.69) is 25.0 Å². The Hall–Kier alpha value is -1.69. The number of aryl methyl sites for hydroxylation is 1. The normalized spacial score (nSPS) is 15.2. The predicted molar refractivity (Wildman–Crippen MR) is 66.9 cm³/mol. The highest BCUT2D eigenvalue weighted by molar-refractivity contribution is 5.03. The predicted octanol–water partition coefficient (Wildman–Crippen LogP) is 0.679. The largest absolute Gasteiger partial charge is 0.330 e. The van der Waals surface area contributed by atoms with Crippen molar-refractivity contribution in [3.8, 4) is 0 Å². The molecule has 1 aliphatic rings. The molecule has 2 aromatic heterocycles. The van der Waals surface area contributed by atoms with E-state index < -0.39 is 0 Å². The molecule has 2 heterocycles. The van der Waals surface area contributed by atoms with Gasteiger partial charge in [-0.25, -0.2) is 9.97 Å². The van der Waals surface area contributed by atoms with E-state index in [1.165, 1.54) is 18.5 Å². The fraction of sp³-hybridized carbons (Fsp3) is 0.583. The number of aromatic nitrogens is 5. The van der Waals surface area contributed by atoms with Gasteiger partial charge in [-0.1, -0.05) is 0 Å². The SMILES string of the molecule is Cn1cnc(CCNCc2cncn2C2CC2)n1. The van der Waals surface area contributed by atoms with E-state index in [1.807, 2.05) is 19.6 Å². The molecule has 6 heteroatoms. The zero-order valence-corrected chi connectivity index (χ0v) is 10.6. The molecule has 0 bridgehead atoms. The van der Waals surface area contributed by atoms with E-state index in [9.17, 15) is 0 Å². The van der Waals surface area contributed by atoms with Crippen molar-refractivity contribution in [3.05, 3.63) is 30.4 Å². The lowest BCUT2D eigenvalue weighted by molar-refractivity contribution is 0.612. The van der Waals surface area contributed by atoms with Crippen LogP contribution in [0.2, 0.25) is 0 Å². The van der Waals surface area contributed by atoms with E-state index in [0.29, 0.717) is 6.04 Å². The minimum atomic E-state index is 0.696. The minimum Gasteiger partial charge on any atom is -0.330 e. The molecular weight excluding hydrogens is 228 g/mol. The first-order valence-corrected chi connectivity index (χ1v) is 6.39. The Morgan fingerprint density at radius 2 is 2.28 bits per heavy atom. The molecule has 0 aliphatic heterocycles. The molecule has 0 aromatic carbocycles. The van der Waals surface area contributed by atoms with Crippen molar-refractivity contribution < 1.29 is 0 Å².